The van der Waals surface area contributed by atoms with Crippen molar-refractivity contribution in [2.45, 2.75) is 6.42 Å². The van der Waals surface area contributed by atoms with Crippen LogP contribution in [-0.4, -0.2) is 34.9 Å². The molecule has 154 valence electrons. The molecule has 0 atom stereocenters. The molecule has 0 bridgehead atoms. The minimum Gasteiger partial charge on any atom is -0.493 e. The van der Waals surface area contributed by atoms with Gasteiger partial charge in [0.05, 0.1) is 26.3 Å². The number of anilines is 1. The van der Waals surface area contributed by atoms with E-state index in [-0.39, 0.29) is 5.91 Å². The van der Waals surface area contributed by atoms with Gasteiger partial charge >= 0.3 is 0 Å². The van der Waals surface area contributed by atoms with Crippen molar-refractivity contribution in [1.82, 2.24) is 14.8 Å². The number of carbonyl (C=O) groups is 1. The van der Waals surface area contributed by atoms with Gasteiger partial charge in [0.25, 0.3) is 0 Å². The number of ether oxygens (including phenoxy) is 2. The second-order valence-electron chi connectivity index (χ2n) is 6.45. The van der Waals surface area contributed by atoms with E-state index in [9.17, 15) is 4.79 Å². The molecule has 30 heavy (non-hydrogen) atoms. The van der Waals surface area contributed by atoms with E-state index in [0.29, 0.717) is 29.4 Å². The van der Waals surface area contributed by atoms with Crippen LogP contribution in [0, 0.1) is 0 Å². The quantitative estimate of drug-likeness (QED) is 0.459. The summed E-state index contributed by atoms with van der Waals surface area (Å²) in [6.07, 6.45) is 0.346. The number of benzene rings is 1. The number of aryl methyl sites for hydroxylation is 1. The van der Waals surface area contributed by atoms with Gasteiger partial charge < -0.3 is 14.8 Å². The van der Waals surface area contributed by atoms with Crippen LogP contribution in [0.25, 0.3) is 22.0 Å². The third-order valence-electron chi connectivity index (χ3n) is 4.46. The molecule has 0 saturated carbocycles. The number of thiophene rings is 1. The highest BCUT2D eigenvalue weighted by Gasteiger charge is 2.15. The number of aromatic nitrogens is 3. The molecule has 3 heterocycles. The minimum atomic E-state index is -0.0721. The highest BCUT2D eigenvalue weighted by molar-refractivity contribution is 7.13. The van der Waals surface area contributed by atoms with Gasteiger partial charge in [-0.1, -0.05) is 6.07 Å². The Balaban J connectivity index is 1.52. The van der Waals surface area contributed by atoms with Crippen LogP contribution in [0.1, 0.15) is 4.88 Å². The maximum Gasteiger partial charge on any atom is 0.230 e. The van der Waals surface area contributed by atoms with Crippen LogP contribution in [0.2, 0.25) is 0 Å². The van der Waals surface area contributed by atoms with Crippen molar-refractivity contribution in [2.75, 3.05) is 19.5 Å². The molecule has 1 aromatic carbocycles. The van der Waals surface area contributed by atoms with Gasteiger partial charge in [0.15, 0.2) is 11.5 Å². The van der Waals surface area contributed by atoms with Crippen LogP contribution in [0.5, 0.6) is 11.5 Å². The molecule has 0 saturated heterocycles. The molecule has 4 aromatic rings. The molecular formula is C21H20N4O3S2. The summed E-state index contributed by atoms with van der Waals surface area (Å²) < 4.78 is 12.3. The summed E-state index contributed by atoms with van der Waals surface area (Å²) in [6.45, 7) is 0. The average molecular weight is 441 g/mol. The van der Waals surface area contributed by atoms with Gasteiger partial charge in [-0.15, -0.1) is 22.7 Å². The largest absolute Gasteiger partial charge is 0.493 e. The normalized spacial score (nSPS) is 10.8. The number of amides is 1. The number of nitrogens with one attached hydrogen (secondary N) is 1. The van der Waals surface area contributed by atoms with Crippen molar-refractivity contribution in [3.8, 4) is 33.5 Å². The maximum absolute atomic E-state index is 12.3. The fraction of sp³-hybridized carbons (Fsp3) is 0.190. The van der Waals surface area contributed by atoms with Crippen LogP contribution in [0.15, 0.2) is 47.2 Å². The summed E-state index contributed by atoms with van der Waals surface area (Å²) in [5, 5.41) is 12.1. The second-order valence-corrected chi connectivity index (χ2v) is 8.34. The van der Waals surface area contributed by atoms with E-state index in [1.807, 2.05) is 47.2 Å². The van der Waals surface area contributed by atoms with E-state index in [0.717, 1.165) is 21.1 Å². The van der Waals surface area contributed by atoms with E-state index >= 15 is 0 Å². The average Bonchev–Trinajstić information content (AvgIpc) is 3.49. The molecule has 4 rings (SSSR count). The predicted molar refractivity (Wildman–Crippen MR) is 120 cm³/mol. The molecule has 0 aliphatic carbocycles. The van der Waals surface area contributed by atoms with E-state index in [4.69, 9.17) is 14.5 Å². The van der Waals surface area contributed by atoms with E-state index in [1.54, 1.807) is 37.3 Å². The lowest BCUT2D eigenvalue weighted by Gasteiger charge is -2.08. The third kappa shape index (κ3) is 4.22. The summed E-state index contributed by atoms with van der Waals surface area (Å²) in [5.74, 6) is 1.88. The van der Waals surface area contributed by atoms with Crippen molar-refractivity contribution >= 4 is 34.4 Å². The first-order valence-corrected chi connectivity index (χ1v) is 10.9. The Kier molecular flexibility index (Phi) is 5.82. The number of hydrogen-bond acceptors (Lipinski definition) is 7. The standard InChI is InChI=1S/C21H20N4O3S2/c1-25-19(23-20(26)10-14-5-4-8-29-14)11-15(24-25)21-22-16(12-30-21)13-6-7-17(27-2)18(9-13)28-3/h4-9,11-12H,10H2,1-3H3,(H,23,26). The van der Waals surface area contributed by atoms with E-state index < -0.39 is 0 Å². The molecule has 9 heteroatoms. The van der Waals surface area contributed by atoms with Crippen molar-refractivity contribution in [2.24, 2.45) is 7.05 Å². The molecule has 0 aliphatic rings. The third-order valence-corrected chi connectivity index (χ3v) is 6.21. The Morgan fingerprint density at radius 1 is 1.10 bits per heavy atom. The van der Waals surface area contributed by atoms with E-state index in [1.165, 1.54) is 11.3 Å². The van der Waals surface area contributed by atoms with E-state index in [2.05, 4.69) is 10.4 Å². The fourth-order valence-corrected chi connectivity index (χ4v) is 4.45. The first-order valence-electron chi connectivity index (χ1n) is 9.12. The van der Waals surface area contributed by atoms with Crippen LogP contribution >= 0.6 is 22.7 Å². The number of hydrogen-bond donors (Lipinski definition) is 1. The number of nitrogens with zero attached hydrogens (tertiary/aromatic N) is 3. The number of thiazole rings is 1. The molecule has 0 spiro atoms. The second kappa shape index (κ2) is 8.68. The van der Waals surface area contributed by atoms with Gasteiger partial charge in [0.2, 0.25) is 5.91 Å². The molecule has 0 fully saturated rings. The molecule has 0 aliphatic heterocycles. The van der Waals surface area contributed by atoms with Gasteiger partial charge in [-0.05, 0) is 29.6 Å². The molecule has 0 unspecified atom stereocenters. The summed E-state index contributed by atoms with van der Waals surface area (Å²) in [4.78, 5) is 18.0. The van der Waals surface area contributed by atoms with Crippen LogP contribution in [-0.2, 0) is 18.3 Å². The van der Waals surface area contributed by atoms with Gasteiger partial charge in [0.1, 0.15) is 16.5 Å². The SMILES string of the molecule is COc1ccc(-c2csc(-c3cc(NC(=O)Cc4cccs4)n(C)n3)n2)cc1OC. The summed E-state index contributed by atoms with van der Waals surface area (Å²) in [7, 11) is 5.01. The Morgan fingerprint density at radius 2 is 1.93 bits per heavy atom. The summed E-state index contributed by atoms with van der Waals surface area (Å²) >= 11 is 3.06. The zero-order chi connectivity index (χ0) is 21.1. The predicted octanol–water partition coefficient (Wildman–Crippen LogP) is 4.47. The van der Waals surface area contributed by atoms with Gasteiger partial charge in [-0.25, -0.2) is 4.98 Å². The maximum atomic E-state index is 12.3. The van der Waals surface area contributed by atoms with Crippen LogP contribution < -0.4 is 14.8 Å². The monoisotopic (exact) mass is 440 g/mol. The Hall–Kier alpha value is -3.17. The lowest BCUT2D eigenvalue weighted by Crippen LogP contribution is -2.16. The number of carbonyl (C=O) groups excluding carboxylic acids is 1. The van der Waals surface area contributed by atoms with Crippen molar-refractivity contribution < 1.29 is 14.3 Å². The zero-order valence-electron chi connectivity index (χ0n) is 16.7. The Labute approximate surface area is 181 Å². The fourth-order valence-electron chi connectivity index (χ4n) is 2.97. The van der Waals surface area contributed by atoms with Crippen molar-refractivity contribution in [3.05, 3.63) is 52.0 Å². The van der Waals surface area contributed by atoms with Crippen LogP contribution in [0.4, 0.5) is 5.82 Å². The smallest absolute Gasteiger partial charge is 0.230 e. The van der Waals surface area contributed by atoms with Crippen molar-refractivity contribution in [3.63, 3.8) is 0 Å². The molecule has 3 aromatic heterocycles. The lowest BCUT2D eigenvalue weighted by molar-refractivity contribution is -0.115. The lowest BCUT2D eigenvalue weighted by atomic mass is 10.1. The summed E-state index contributed by atoms with van der Waals surface area (Å²) in [5.41, 5.74) is 2.46. The Morgan fingerprint density at radius 3 is 2.67 bits per heavy atom. The summed E-state index contributed by atoms with van der Waals surface area (Å²) in [6, 6.07) is 11.4. The highest BCUT2D eigenvalue weighted by Crippen LogP contribution is 2.34. The van der Waals surface area contributed by atoms with Gasteiger partial charge in [-0.2, -0.15) is 5.10 Å². The molecule has 1 N–H and O–H groups in total. The number of methoxy groups -OCH3 is 2. The Bertz CT molecular complexity index is 1170. The topological polar surface area (TPSA) is 78.3 Å². The molecular weight excluding hydrogens is 420 g/mol. The molecule has 1 amide bonds. The first kappa shape index (κ1) is 20.1. The molecule has 0 radical (unpaired) electrons. The minimum absolute atomic E-state index is 0.0721. The van der Waals surface area contributed by atoms with Gasteiger partial charge in [-0.3, -0.25) is 9.48 Å². The van der Waals surface area contributed by atoms with Crippen LogP contribution in [0.3, 0.4) is 0 Å². The van der Waals surface area contributed by atoms with Gasteiger partial charge in [0, 0.05) is 28.9 Å². The van der Waals surface area contributed by atoms with Crippen molar-refractivity contribution in [1.29, 1.82) is 0 Å². The zero-order valence-corrected chi connectivity index (χ0v) is 18.3. The first-order chi connectivity index (χ1) is 14.6. The molecule has 7 nitrogen and oxygen atoms in total. The number of rotatable bonds is 7. The highest BCUT2D eigenvalue weighted by atomic mass is 32.1.